The zero-order valence-corrected chi connectivity index (χ0v) is 18.5. The minimum atomic E-state index is 0.308. The van der Waals surface area contributed by atoms with Gasteiger partial charge in [0.2, 0.25) is 0 Å². The lowest BCUT2D eigenvalue weighted by Crippen LogP contribution is -2.14. The molecule has 4 heterocycles. The number of nitrogens with zero attached hydrogens (tertiary/aromatic N) is 2. The Morgan fingerprint density at radius 1 is 0.688 bits per heavy atom. The number of hydrogen-bond acceptors (Lipinski definition) is 4. The van der Waals surface area contributed by atoms with Crippen LogP contribution in [0.2, 0.25) is 0 Å². The topological polar surface area (TPSA) is 81.4 Å². The third-order valence-corrected chi connectivity index (χ3v) is 6.12. The maximum atomic E-state index is 4.49. The molecule has 32 heavy (non-hydrogen) atoms. The van der Waals surface area contributed by atoms with Crippen LogP contribution in [0.1, 0.15) is 72.9 Å². The van der Waals surface area contributed by atoms with Crippen molar-refractivity contribution in [3.8, 4) is 23.7 Å². The third kappa shape index (κ3) is 4.78. The molecule has 2 aromatic heterocycles. The van der Waals surface area contributed by atoms with E-state index in [1.165, 1.54) is 0 Å². The summed E-state index contributed by atoms with van der Waals surface area (Å²) in [4.78, 5) is 15.7. The van der Waals surface area contributed by atoms with E-state index in [0.717, 1.165) is 60.1 Å². The van der Waals surface area contributed by atoms with Gasteiger partial charge in [-0.1, -0.05) is 25.7 Å². The highest BCUT2D eigenvalue weighted by Crippen LogP contribution is 2.25. The highest BCUT2D eigenvalue weighted by Gasteiger charge is 2.24. The summed E-state index contributed by atoms with van der Waals surface area (Å²) in [6, 6.07) is 8.60. The zero-order chi connectivity index (χ0) is 21.9. The first-order valence-corrected chi connectivity index (χ1v) is 11.3. The van der Waals surface area contributed by atoms with Crippen LogP contribution in [0.4, 0.5) is 0 Å². The number of H-pyrrole nitrogens is 2. The number of rotatable bonds is 2. The van der Waals surface area contributed by atoms with E-state index in [4.69, 9.17) is 0 Å². The molecule has 3 aromatic rings. The number of hydrogen-bond donors (Lipinski definition) is 4. The number of aromatic amines is 2. The Hall–Kier alpha value is -3.32. The molecule has 2 saturated heterocycles. The first kappa shape index (κ1) is 20.6. The molecular weight excluding hydrogens is 396 g/mol. The van der Waals surface area contributed by atoms with Gasteiger partial charge in [-0.2, -0.15) is 0 Å². The number of aromatic nitrogens is 4. The summed E-state index contributed by atoms with van der Waals surface area (Å²) >= 11 is 0. The van der Waals surface area contributed by atoms with Crippen molar-refractivity contribution >= 4 is 0 Å². The fourth-order valence-corrected chi connectivity index (χ4v) is 4.31. The highest BCUT2D eigenvalue weighted by atomic mass is 15.0. The molecule has 0 bridgehead atoms. The summed E-state index contributed by atoms with van der Waals surface area (Å²) in [7, 11) is 0. The van der Waals surface area contributed by atoms with Crippen LogP contribution in [0.15, 0.2) is 36.7 Å². The molecule has 6 heteroatoms. The van der Waals surface area contributed by atoms with Crippen LogP contribution >= 0.6 is 0 Å². The molecule has 0 saturated carbocycles. The van der Waals surface area contributed by atoms with E-state index in [1.54, 1.807) is 0 Å². The Kier molecular flexibility index (Phi) is 5.81. The molecule has 0 radical (unpaired) electrons. The van der Waals surface area contributed by atoms with Gasteiger partial charge in [-0.3, -0.25) is 0 Å². The number of benzene rings is 1. The first-order valence-electron chi connectivity index (χ1n) is 11.3. The normalized spacial score (nSPS) is 24.6. The lowest BCUT2D eigenvalue weighted by atomic mass is 10.1. The van der Waals surface area contributed by atoms with Gasteiger partial charge in [0.05, 0.1) is 24.5 Å². The minimum absolute atomic E-state index is 0.308. The Morgan fingerprint density at radius 3 is 1.50 bits per heavy atom. The Morgan fingerprint density at radius 2 is 1.12 bits per heavy atom. The quantitative estimate of drug-likeness (QED) is 0.476. The number of imidazole rings is 2. The predicted molar refractivity (Wildman–Crippen MR) is 125 cm³/mol. The van der Waals surface area contributed by atoms with E-state index < -0.39 is 0 Å². The van der Waals surface area contributed by atoms with Crippen LogP contribution in [-0.2, 0) is 0 Å². The molecule has 0 aliphatic carbocycles. The minimum Gasteiger partial charge on any atom is -0.334 e. The molecule has 2 fully saturated rings. The van der Waals surface area contributed by atoms with Gasteiger partial charge in [0.15, 0.2) is 0 Å². The van der Waals surface area contributed by atoms with Crippen molar-refractivity contribution in [1.82, 2.24) is 30.6 Å². The summed E-state index contributed by atoms with van der Waals surface area (Å²) in [5.74, 6) is 16.1. The second kappa shape index (κ2) is 9.04. The van der Waals surface area contributed by atoms with Crippen molar-refractivity contribution in [2.45, 2.75) is 38.8 Å². The van der Waals surface area contributed by atoms with Crippen molar-refractivity contribution < 1.29 is 0 Å². The summed E-state index contributed by atoms with van der Waals surface area (Å²) in [5.41, 5.74) is 3.58. The zero-order valence-electron chi connectivity index (χ0n) is 18.5. The molecule has 4 atom stereocenters. The van der Waals surface area contributed by atoms with E-state index in [0.29, 0.717) is 23.9 Å². The largest absolute Gasteiger partial charge is 0.334 e. The van der Waals surface area contributed by atoms with E-state index in [9.17, 15) is 0 Å². The van der Waals surface area contributed by atoms with Gasteiger partial charge < -0.3 is 20.6 Å². The van der Waals surface area contributed by atoms with Crippen LogP contribution in [0.3, 0.4) is 0 Å². The maximum absolute atomic E-state index is 4.49. The van der Waals surface area contributed by atoms with Gasteiger partial charge >= 0.3 is 0 Å². The molecular formula is C26H28N6. The van der Waals surface area contributed by atoms with E-state index in [2.05, 4.69) is 68.1 Å². The smallest absolute Gasteiger partial charge is 0.124 e. The van der Waals surface area contributed by atoms with Gasteiger partial charge in [0, 0.05) is 11.1 Å². The Balaban J connectivity index is 1.21. The summed E-state index contributed by atoms with van der Waals surface area (Å²) in [5, 5.41) is 6.99. The summed E-state index contributed by atoms with van der Waals surface area (Å²) in [6.07, 6.45) is 5.85. The van der Waals surface area contributed by atoms with Crippen LogP contribution < -0.4 is 10.6 Å². The van der Waals surface area contributed by atoms with Crippen molar-refractivity contribution in [3.63, 3.8) is 0 Å². The Labute approximate surface area is 189 Å². The fraction of sp³-hybridized carbons (Fsp3) is 0.385. The van der Waals surface area contributed by atoms with Crippen molar-refractivity contribution in [2.24, 2.45) is 11.8 Å². The summed E-state index contributed by atoms with van der Waals surface area (Å²) in [6.45, 7) is 6.59. The molecule has 162 valence electrons. The SMILES string of the molecule is C[C@@H]1CN[C@H](c2ncc(C#Cc3ccc(C#Cc4cnc([C@@H]5C[C@H](C)CN5)[nH]4)cc3)[nH]2)C1. The number of nitrogens with one attached hydrogen (secondary N) is 4. The monoisotopic (exact) mass is 424 g/mol. The molecule has 5 rings (SSSR count). The van der Waals surface area contributed by atoms with Crippen molar-refractivity contribution in [3.05, 3.63) is 70.8 Å². The van der Waals surface area contributed by atoms with Gasteiger partial charge in [-0.25, -0.2) is 9.97 Å². The van der Waals surface area contributed by atoms with E-state index >= 15 is 0 Å². The molecule has 2 aliphatic heterocycles. The predicted octanol–water partition coefficient (Wildman–Crippen LogP) is 3.27. The average molecular weight is 425 g/mol. The van der Waals surface area contributed by atoms with Gasteiger partial charge in [0.25, 0.3) is 0 Å². The van der Waals surface area contributed by atoms with E-state index in [1.807, 2.05) is 36.7 Å². The molecule has 0 unspecified atom stereocenters. The van der Waals surface area contributed by atoms with Crippen LogP contribution in [-0.4, -0.2) is 33.0 Å². The molecule has 0 amide bonds. The molecule has 2 aliphatic rings. The Bertz CT molecular complexity index is 1100. The lowest BCUT2D eigenvalue weighted by molar-refractivity contribution is 0.587. The standard InChI is InChI=1S/C26H28N6/c1-17-11-23(27-13-17)25-29-15-21(31-25)9-7-19-3-5-20(6-4-19)8-10-22-16-30-26(32-22)24-12-18(2)14-28-24/h3-6,15-18,23-24,27-28H,11-14H2,1-2H3,(H,29,31)(H,30,32)/t17-,18-,23-,24-/m0/s1. The summed E-state index contributed by atoms with van der Waals surface area (Å²) < 4.78 is 0. The maximum Gasteiger partial charge on any atom is 0.124 e. The van der Waals surface area contributed by atoms with Gasteiger partial charge in [-0.05, 0) is 73.9 Å². The fourth-order valence-electron chi connectivity index (χ4n) is 4.31. The van der Waals surface area contributed by atoms with Crippen molar-refractivity contribution in [2.75, 3.05) is 13.1 Å². The van der Waals surface area contributed by atoms with Gasteiger partial charge in [0.1, 0.15) is 23.0 Å². The average Bonchev–Trinajstić information content (AvgIpc) is 3.59. The van der Waals surface area contributed by atoms with Crippen LogP contribution in [0, 0.1) is 35.5 Å². The molecule has 1 aromatic carbocycles. The molecule has 6 nitrogen and oxygen atoms in total. The highest BCUT2D eigenvalue weighted by molar-refractivity contribution is 5.46. The third-order valence-electron chi connectivity index (χ3n) is 6.12. The van der Waals surface area contributed by atoms with Crippen LogP contribution in [0.5, 0.6) is 0 Å². The van der Waals surface area contributed by atoms with Gasteiger partial charge in [-0.15, -0.1) is 0 Å². The van der Waals surface area contributed by atoms with E-state index in [-0.39, 0.29) is 0 Å². The second-order valence-electron chi connectivity index (χ2n) is 9.04. The second-order valence-corrected chi connectivity index (χ2v) is 9.04. The lowest BCUT2D eigenvalue weighted by Gasteiger charge is -2.05. The van der Waals surface area contributed by atoms with Crippen LogP contribution in [0.25, 0.3) is 0 Å². The molecule has 4 N–H and O–H groups in total. The molecule has 0 spiro atoms. The van der Waals surface area contributed by atoms with Crippen molar-refractivity contribution in [1.29, 1.82) is 0 Å². The first-order chi connectivity index (χ1) is 15.6.